The molecule has 0 saturated carbocycles. The number of halogens is 3. The zero-order valence-corrected chi connectivity index (χ0v) is 13.3. The Morgan fingerprint density at radius 2 is 2.00 bits per heavy atom. The van der Waals surface area contributed by atoms with Crippen molar-refractivity contribution < 1.29 is 0 Å². The summed E-state index contributed by atoms with van der Waals surface area (Å²) in [7, 11) is 0. The minimum Gasteiger partial charge on any atom is -0.323 e. The van der Waals surface area contributed by atoms with Crippen LogP contribution in [0.3, 0.4) is 0 Å². The van der Waals surface area contributed by atoms with E-state index in [0.717, 1.165) is 0 Å². The van der Waals surface area contributed by atoms with Gasteiger partial charge in [-0.15, -0.1) is 0 Å². The molecule has 1 aromatic carbocycles. The molecule has 0 amide bonds. The van der Waals surface area contributed by atoms with E-state index in [-0.39, 0.29) is 17.2 Å². The van der Waals surface area contributed by atoms with Crippen LogP contribution in [0.15, 0.2) is 35.3 Å². The summed E-state index contributed by atoms with van der Waals surface area (Å²) in [6.07, 6.45) is 2.84. The maximum atomic E-state index is 6.04. The van der Waals surface area contributed by atoms with E-state index in [1.54, 1.807) is 12.1 Å². The number of rotatable bonds is 3. The zero-order chi connectivity index (χ0) is 14.8. The van der Waals surface area contributed by atoms with Gasteiger partial charge in [0.25, 0.3) is 5.95 Å². The highest BCUT2D eigenvalue weighted by Crippen LogP contribution is 2.31. The highest BCUT2D eigenvalue weighted by Gasteiger charge is 2.10. The molecule has 0 atom stereocenters. The van der Waals surface area contributed by atoms with Crippen LogP contribution in [0, 0.1) is 0 Å². The van der Waals surface area contributed by atoms with Crippen molar-refractivity contribution in [2.24, 2.45) is 0 Å². The second-order valence-electron chi connectivity index (χ2n) is 3.79. The Balaban J connectivity index is 1.98. The smallest absolute Gasteiger partial charge is 0.258 e. The molecule has 0 aliphatic heterocycles. The van der Waals surface area contributed by atoms with Gasteiger partial charge in [-0.05, 0) is 39.7 Å². The molecule has 7 nitrogen and oxygen atoms in total. The molecule has 0 spiro atoms. The largest absolute Gasteiger partial charge is 0.323 e. The fourth-order valence-electron chi connectivity index (χ4n) is 1.53. The van der Waals surface area contributed by atoms with E-state index in [1.165, 1.54) is 17.3 Å². The Kier molecular flexibility index (Phi) is 4.00. The van der Waals surface area contributed by atoms with Crippen molar-refractivity contribution in [3.63, 3.8) is 0 Å². The summed E-state index contributed by atoms with van der Waals surface area (Å²) in [5.41, 5.74) is 0.703. The molecule has 0 unspecified atom stereocenters. The van der Waals surface area contributed by atoms with Crippen molar-refractivity contribution in [2.45, 2.75) is 0 Å². The first-order valence-electron chi connectivity index (χ1n) is 5.61. The highest BCUT2D eigenvalue weighted by molar-refractivity contribution is 9.10. The van der Waals surface area contributed by atoms with Crippen LogP contribution in [0.1, 0.15) is 0 Å². The van der Waals surface area contributed by atoms with Gasteiger partial charge in [0.1, 0.15) is 12.7 Å². The van der Waals surface area contributed by atoms with Crippen LogP contribution in [0.2, 0.25) is 10.3 Å². The third kappa shape index (κ3) is 3.12. The lowest BCUT2D eigenvalue weighted by atomic mass is 10.3. The maximum Gasteiger partial charge on any atom is 0.258 e. The fourth-order valence-corrected chi connectivity index (χ4v) is 2.22. The Bertz CT molecular complexity index is 778. The van der Waals surface area contributed by atoms with Gasteiger partial charge in [-0.3, -0.25) is 0 Å². The molecule has 106 valence electrons. The number of benzene rings is 1. The second kappa shape index (κ2) is 5.92. The summed E-state index contributed by atoms with van der Waals surface area (Å²) < 4.78 is 2.08. The van der Waals surface area contributed by atoms with Gasteiger partial charge in [0.2, 0.25) is 11.2 Å². The Hall–Kier alpha value is -1.77. The molecule has 3 aromatic rings. The zero-order valence-electron chi connectivity index (χ0n) is 10.2. The maximum absolute atomic E-state index is 6.04. The monoisotopic (exact) mass is 385 g/mol. The molecule has 21 heavy (non-hydrogen) atoms. The molecule has 0 aliphatic carbocycles. The quantitative estimate of drug-likeness (QED) is 0.743. The summed E-state index contributed by atoms with van der Waals surface area (Å²) >= 11 is 15.3. The lowest BCUT2D eigenvalue weighted by Crippen LogP contribution is -2.07. The average molecular weight is 387 g/mol. The molecular weight excluding hydrogens is 381 g/mol. The van der Waals surface area contributed by atoms with Crippen LogP contribution in [-0.4, -0.2) is 29.7 Å². The molecule has 0 radical (unpaired) electrons. The van der Waals surface area contributed by atoms with E-state index >= 15 is 0 Å². The lowest BCUT2D eigenvalue weighted by molar-refractivity contribution is 0.796. The van der Waals surface area contributed by atoms with E-state index < -0.39 is 0 Å². The normalized spacial score (nSPS) is 10.6. The number of nitrogens with zero attached hydrogens (tertiary/aromatic N) is 6. The summed E-state index contributed by atoms with van der Waals surface area (Å²) in [4.78, 5) is 16.1. The highest BCUT2D eigenvalue weighted by atomic mass is 79.9. The van der Waals surface area contributed by atoms with Crippen LogP contribution in [0.25, 0.3) is 5.95 Å². The van der Waals surface area contributed by atoms with Crippen LogP contribution in [0.4, 0.5) is 11.6 Å². The van der Waals surface area contributed by atoms with E-state index in [4.69, 9.17) is 23.2 Å². The molecule has 3 rings (SSSR count). The van der Waals surface area contributed by atoms with Gasteiger partial charge in [-0.1, -0.05) is 17.7 Å². The summed E-state index contributed by atoms with van der Waals surface area (Å²) in [6.45, 7) is 0. The Labute approximate surface area is 137 Å². The van der Waals surface area contributed by atoms with Gasteiger partial charge in [-0.2, -0.15) is 24.7 Å². The number of hydrogen-bond acceptors (Lipinski definition) is 6. The Morgan fingerprint density at radius 1 is 1.14 bits per heavy atom. The molecule has 0 fully saturated rings. The summed E-state index contributed by atoms with van der Waals surface area (Å²) in [6, 6.07) is 5.39. The summed E-state index contributed by atoms with van der Waals surface area (Å²) in [5.74, 6) is 0.525. The molecule has 1 N–H and O–H groups in total. The first-order chi connectivity index (χ1) is 10.1. The van der Waals surface area contributed by atoms with Crippen LogP contribution < -0.4 is 5.32 Å². The SMILES string of the molecule is Clc1nc(Nc2cccc(Cl)c2Br)nc(-n2cncn2)n1. The van der Waals surface area contributed by atoms with Gasteiger partial charge < -0.3 is 5.32 Å². The fraction of sp³-hybridized carbons (Fsp3) is 0. The number of anilines is 2. The molecule has 0 aliphatic rings. The topological polar surface area (TPSA) is 81.4 Å². The third-order valence-electron chi connectivity index (χ3n) is 2.42. The van der Waals surface area contributed by atoms with E-state index in [0.29, 0.717) is 15.2 Å². The predicted molar refractivity (Wildman–Crippen MR) is 82.2 cm³/mol. The van der Waals surface area contributed by atoms with Crippen LogP contribution in [0.5, 0.6) is 0 Å². The van der Waals surface area contributed by atoms with E-state index in [9.17, 15) is 0 Å². The van der Waals surface area contributed by atoms with Crippen LogP contribution >= 0.6 is 39.1 Å². The minimum absolute atomic E-state index is 0.0381. The Morgan fingerprint density at radius 3 is 2.76 bits per heavy atom. The van der Waals surface area contributed by atoms with Gasteiger partial charge in [-0.25, -0.2) is 4.98 Å². The van der Waals surface area contributed by atoms with Crippen molar-refractivity contribution in [1.29, 1.82) is 0 Å². The molecular formula is C11H6BrCl2N7. The number of nitrogens with one attached hydrogen (secondary N) is 1. The van der Waals surface area contributed by atoms with Gasteiger partial charge in [0, 0.05) is 0 Å². The van der Waals surface area contributed by atoms with E-state index in [1.807, 2.05) is 6.07 Å². The molecule has 2 aromatic heterocycles. The third-order valence-corrected chi connectivity index (χ3v) is 3.98. The molecule has 0 saturated heterocycles. The van der Waals surface area contributed by atoms with Crippen molar-refractivity contribution in [3.05, 3.63) is 45.6 Å². The first-order valence-corrected chi connectivity index (χ1v) is 7.16. The number of aromatic nitrogens is 6. The lowest BCUT2D eigenvalue weighted by Gasteiger charge is -2.09. The molecule has 0 bridgehead atoms. The minimum atomic E-state index is 0.0381. The van der Waals surface area contributed by atoms with Crippen molar-refractivity contribution in [1.82, 2.24) is 29.7 Å². The van der Waals surface area contributed by atoms with Gasteiger partial charge in [0.05, 0.1) is 15.2 Å². The van der Waals surface area contributed by atoms with Crippen molar-refractivity contribution >= 4 is 50.8 Å². The van der Waals surface area contributed by atoms with Crippen molar-refractivity contribution in [3.8, 4) is 5.95 Å². The standard InChI is InChI=1S/C11H6BrCl2N7/c12-8-6(13)2-1-3-7(8)17-10-18-9(14)19-11(20-10)21-5-15-4-16-21/h1-5H,(H,17,18,19,20). The van der Waals surface area contributed by atoms with Gasteiger partial charge >= 0.3 is 0 Å². The van der Waals surface area contributed by atoms with E-state index in [2.05, 4.69) is 46.3 Å². The second-order valence-corrected chi connectivity index (χ2v) is 5.33. The predicted octanol–water partition coefficient (Wildman–Crippen LogP) is 3.27. The van der Waals surface area contributed by atoms with Crippen molar-refractivity contribution in [2.75, 3.05) is 5.32 Å². The number of hydrogen-bond donors (Lipinski definition) is 1. The summed E-state index contributed by atoms with van der Waals surface area (Å²) in [5, 5.41) is 7.56. The molecule has 2 heterocycles. The first kappa shape index (κ1) is 14.2. The molecule has 10 heteroatoms. The van der Waals surface area contributed by atoms with Gasteiger partial charge in [0.15, 0.2) is 0 Å². The average Bonchev–Trinajstić information content (AvgIpc) is 2.97. The van der Waals surface area contributed by atoms with Crippen LogP contribution in [-0.2, 0) is 0 Å².